The summed E-state index contributed by atoms with van der Waals surface area (Å²) in [4.78, 5) is 64.1. The van der Waals surface area contributed by atoms with Crippen LogP contribution in [0, 0.1) is 5.92 Å². The van der Waals surface area contributed by atoms with Gasteiger partial charge in [-0.15, -0.1) is 22.7 Å². The molecule has 1 unspecified atom stereocenters. The maximum atomic E-state index is 13.5. The van der Waals surface area contributed by atoms with Crippen molar-refractivity contribution in [2.45, 2.75) is 64.1 Å². The van der Waals surface area contributed by atoms with E-state index in [1.807, 2.05) is 44.2 Å². The summed E-state index contributed by atoms with van der Waals surface area (Å²) in [6.07, 6.45) is 3.63. The normalized spacial score (nSPS) is 22.3. The zero-order valence-corrected chi connectivity index (χ0v) is 26.6. The van der Waals surface area contributed by atoms with Crippen molar-refractivity contribution in [1.29, 1.82) is 0 Å². The first-order valence-corrected chi connectivity index (χ1v) is 16.9. The topological polar surface area (TPSA) is 145 Å². The van der Waals surface area contributed by atoms with Crippen LogP contribution in [0.15, 0.2) is 41.1 Å². The Morgan fingerprint density at radius 3 is 2.39 bits per heavy atom. The molecule has 234 valence electrons. The van der Waals surface area contributed by atoms with E-state index < -0.39 is 12.1 Å². The van der Waals surface area contributed by atoms with E-state index in [4.69, 9.17) is 0 Å². The first-order valence-electron chi connectivity index (χ1n) is 15.1. The summed E-state index contributed by atoms with van der Waals surface area (Å²) in [5.41, 5.74) is 1.53. The lowest BCUT2D eigenvalue weighted by Gasteiger charge is -2.30. The van der Waals surface area contributed by atoms with Gasteiger partial charge < -0.3 is 26.2 Å². The Morgan fingerprint density at radius 2 is 1.66 bits per heavy atom. The van der Waals surface area contributed by atoms with Crippen molar-refractivity contribution in [3.05, 3.63) is 68.1 Å². The number of amides is 4. The molecule has 4 amide bonds. The molecule has 4 N–H and O–H groups in total. The summed E-state index contributed by atoms with van der Waals surface area (Å²) in [6, 6.07) is 8.53. The second kappa shape index (κ2) is 14.9. The van der Waals surface area contributed by atoms with Crippen LogP contribution >= 0.6 is 22.7 Å². The van der Waals surface area contributed by atoms with Crippen LogP contribution in [0.2, 0.25) is 0 Å². The van der Waals surface area contributed by atoms with E-state index in [-0.39, 0.29) is 53.5 Å². The summed E-state index contributed by atoms with van der Waals surface area (Å²) >= 11 is 2.64. The van der Waals surface area contributed by atoms with Gasteiger partial charge in [0.2, 0.25) is 11.8 Å². The van der Waals surface area contributed by atoms with Gasteiger partial charge in [0.15, 0.2) is 0 Å². The molecule has 5 rings (SSSR count). The molecular weight excluding hydrogens is 599 g/mol. The second-order valence-electron chi connectivity index (χ2n) is 11.5. The number of nitrogens with zero attached hydrogens (tertiary/aromatic N) is 3. The van der Waals surface area contributed by atoms with Gasteiger partial charge in [-0.3, -0.25) is 19.2 Å². The standard InChI is InChI=1S/C31H39N7O4S2/c1-19(2)26-30-36-23(17-44-30)27(40)33-13-8-14-38(31(42)21-11-6-7-12-32-21)16-25(39)34-22(15-20-9-4-3-5-10-20)29-35-24(18-43-29)28(41)37-26/h3-5,9-10,17-19,21-22,26,32H,6-8,11-16H2,1-2H3,(H,33,40)(H,34,39)(H,37,41)/t21-,22?,26-/m0/s1. The van der Waals surface area contributed by atoms with E-state index in [9.17, 15) is 19.2 Å². The molecule has 2 aliphatic heterocycles. The van der Waals surface area contributed by atoms with Crippen molar-refractivity contribution in [2.24, 2.45) is 5.92 Å². The fourth-order valence-corrected chi connectivity index (χ4v) is 7.26. The third kappa shape index (κ3) is 8.07. The van der Waals surface area contributed by atoms with Crippen LogP contribution in [0.1, 0.15) is 88.2 Å². The van der Waals surface area contributed by atoms with Crippen LogP contribution in [0.25, 0.3) is 0 Å². The SMILES string of the molecule is CC(C)[C@@H]1NC(=O)c2csc(n2)C(Cc2ccccc2)NC(=O)CN(C(=O)[C@@H]2CCCCN2)CCCNC(=O)c2csc1n2. The highest BCUT2D eigenvalue weighted by molar-refractivity contribution is 7.10. The van der Waals surface area contributed by atoms with Gasteiger partial charge in [-0.2, -0.15) is 0 Å². The molecule has 13 heteroatoms. The molecule has 11 nitrogen and oxygen atoms in total. The van der Waals surface area contributed by atoms with Gasteiger partial charge >= 0.3 is 0 Å². The lowest BCUT2D eigenvalue weighted by atomic mass is 10.0. The number of hydrogen-bond donors (Lipinski definition) is 4. The number of fused-ring (bicyclic) bond motifs is 4. The van der Waals surface area contributed by atoms with Crippen LogP contribution in [0.4, 0.5) is 0 Å². The van der Waals surface area contributed by atoms with E-state index >= 15 is 0 Å². The van der Waals surface area contributed by atoms with Gasteiger partial charge in [-0.1, -0.05) is 50.6 Å². The molecule has 0 aliphatic carbocycles. The molecule has 3 atom stereocenters. The first kappa shape index (κ1) is 31.7. The minimum atomic E-state index is -0.495. The van der Waals surface area contributed by atoms with Gasteiger partial charge in [0.25, 0.3) is 11.8 Å². The molecule has 4 bridgehead atoms. The van der Waals surface area contributed by atoms with Crippen molar-refractivity contribution >= 4 is 46.3 Å². The lowest BCUT2D eigenvalue weighted by molar-refractivity contribution is -0.138. The Hall–Kier alpha value is -3.68. The fraction of sp³-hybridized carbons (Fsp3) is 0.484. The fourth-order valence-electron chi connectivity index (χ4n) is 5.39. The van der Waals surface area contributed by atoms with Gasteiger partial charge in [-0.05, 0) is 43.7 Å². The van der Waals surface area contributed by atoms with Gasteiger partial charge in [-0.25, -0.2) is 9.97 Å². The Balaban J connectivity index is 1.44. The quantitative estimate of drug-likeness (QED) is 0.344. The van der Waals surface area contributed by atoms with Crippen LogP contribution in [-0.4, -0.2) is 70.7 Å². The Labute approximate surface area is 265 Å². The predicted octanol–water partition coefficient (Wildman–Crippen LogP) is 3.23. The summed E-state index contributed by atoms with van der Waals surface area (Å²) in [5, 5.41) is 16.9. The number of rotatable bonds is 4. The first-order chi connectivity index (χ1) is 21.3. The molecule has 0 radical (unpaired) electrons. The number of carbonyl (C=O) groups excluding carboxylic acids is 4. The summed E-state index contributed by atoms with van der Waals surface area (Å²) in [7, 11) is 0. The number of nitrogens with one attached hydrogen (secondary N) is 4. The van der Waals surface area contributed by atoms with Crippen LogP contribution in [0.3, 0.4) is 0 Å². The van der Waals surface area contributed by atoms with Crippen molar-refractivity contribution in [2.75, 3.05) is 26.2 Å². The highest BCUT2D eigenvalue weighted by Crippen LogP contribution is 2.27. The molecule has 0 spiro atoms. The van der Waals surface area contributed by atoms with Crippen LogP contribution < -0.4 is 21.3 Å². The van der Waals surface area contributed by atoms with E-state index in [0.29, 0.717) is 35.9 Å². The molecule has 0 saturated carbocycles. The highest BCUT2D eigenvalue weighted by atomic mass is 32.1. The maximum absolute atomic E-state index is 13.5. The summed E-state index contributed by atoms with van der Waals surface area (Å²) < 4.78 is 0. The summed E-state index contributed by atoms with van der Waals surface area (Å²) in [6.45, 7) is 5.23. The average Bonchev–Trinajstić information content (AvgIpc) is 3.72. The number of piperidine rings is 1. The average molecular weight is 638 g/mol. The Morgan fingerprint density at radius 1 is 0.932 bits per heavy atom. The largest absolute Gasteiger partial charge is 0.351 e. The molecule has 2 aliphatic rings. The molecule has 44 heavy (non-hydrogen) atoms. The molecule has 1 fully saturated rings. The number of carbonyl (C=O) groups is 4. The van der Waals surface area contributed by atoms with Crippen molar-refractivity contribution in [1.82, 2.24) is 36.1 Å². The number of hydrogen-bond acceptors (Lipinski definition) is 9. The molecule has 4 heterocycles. The Bertz CT molecular complexity index is 1450. The molecular formula is C31H39N7O4S2. The third-order valence-electron chi connectivity index (χ3n) is 7.79. The predicted molar refractivity (Wildman–Crippen MR) is 169 cm³/mol. The second-order valence-corrected chi connectivity index (χ2v) is 13.3. The molecule has 2 aromatic heterocycles. The van der Waals surface area contributed by atoms with E-state index in [1.54, 1.807) is 15.7 Å². The van der Waals surface area contributed by atoms with Crippen molar-refractivity contribution < 1.29 is 19.2 Å². The van der Waals surface area contributed by atoms with Gasteiger partial charge in [0.1, 0.15) is 21.4 Å². The zero-order valence-electron chi connectivity index (χ0n) is 25.0. The van der Waals surface area contributed by atoms with Gasteiger partial charge in [0, 0.05) is 23.8 Å². The maximum Gasteiger partial charge on any atom is 0.271 e. The van der Waals surface area contributed by atoms with E-state index in [0.717, 1.165) is 31.4 Å². The zero-order chi connectivity index (χ0) is 31.1. The number of aromatic nitrogens is 2. The molecule has 1 saturated heterocycles. The van der Waals surface area contributed by atoms with Gasteiger partial charge in [0.05, 0.1) is 24.7 Å². The van der Waals surface area contributed by atoms with Crippen LogP contribution in [-0.2, 0) is 16.0 Å². The minimum Gasteiger partial charge on any atom is -0.351 e. The van der Waals surface area contributed by atoms with Crippen molar-refractivity contribution in [3.63, 3.8) is 0 Å². The highest BCUT2D eigenvalue weighted by Gasteiger charge is 2.29. The molecule has 1 aromatic carbocycles. The minimum absolute atomic E-state index is 0.0144. The monoisotopic (exact) mass is 637 g/mol. The smallest absolute Gasteiger partial charge is 0.271 e. The third-order valence-corrected chi connectivity index (χ3v) is 9.68. The van der Waals surface area contributed by atoms with E-state index in [1.165, 1.54) is 22.7 Å². The Kier molecular flexibility index (Phi) is 10.7. The van der Waals surface area contributed by atoms with E-state index in [2.05, 4.69) is 31.2 Å². The molecule has 3 aromatic rings. The summed E-state index contributed by atoms with van der Waals surface area (Å²) in [5.74, 6) is -1.09. The number of benzene rings is 1. The van der Waals surface area contributed by atoms with Crippen LogP contribution in [0.5, 0.6) is 0 Å². The number of thiazole rings is 2. The van der Waals surface area contributed by atoms with Crippen molar-refractivity contribution in [3.8, 4) is 0 Å². The lowest BCUT2D eigenvalue weighted by Crippen LogP contribution is -2.52.